The van der Waals surface area contributed by atoms with E-state index in [1.54, 1.807) is 6.07 Å². The molecule has 0 aromatic carbocycles. The number of primary amides is 1. The van der Waals surface area contributed by atoms with Crippen molar-refractivity contribution in [2.75, 3.05) is 0 Å². The molecule has 86 valence electrons. The lowest BCUT2D eigenvalue weighted by molar-refractivity contribution is -0.119. The van der Waals surface area contributed by atoms with Gasteiger partial charge in [0.2, 0.25) is 15.9 Å². The van der Waals surface area contributed by atoms with Crippen molar-refractivity contribution in [3.05, 3.63) is 0 Å². The summed E-state index contributed by atoms with van der Waals surface area (Å²) in [7, 11) is -3.73. The summed E-state index contributed by atoms with van der Waals surface area (Å²) in [6, 6.07) is 1.61. The molecule has 1 unspecified atom stereocenters. The number of carbonyl (C=O) groups is 1. The Morgan fingerprint density at radius 2 is 2.07 bits per heavy atom. The van der Waals surface area contributed by atoms with Crippen molar-refractivity contribution in [2.24, 2.45) is 5.73 Å². The maximum absolute atomic E-state index is 11.5. The molecule has 1 atom stereocenters. The summed E-state index contributed by atoms with van der Waals surface area (Å²) >= 11 is 0. The van der Waals surface area contributed by atoms with Crippen molar-refractivity contribution in [1.29, 1.82) is 5.26 Å². The third kappa shape index (κ3) is 4.76. The van der Waals surface area contributed by atoms with Crippen molar-refractivity contribution in [3.63, 3.8) is 0 Å². The van der Waals surface area contributed by atoms with Gasteiger partial charge in [-0.2, -0.15) is 5.26 Å². The average Bonchev–Trinajstić information content (AvgIpc) is 1.97. The molecule has 0 radical (unpaired) electrons. The van der Waals surface area contributed by atoms with Gasteiger partial charge in [-0.15, -0.1) is 0 Å². The number of nitrogens with zero attached hydrogens (tertiary/aromatic N) is 1. The highest BCUT2D eigenvalue weighted by atomic mass is 32.2. The van der Waals surface area contributed by atoms with Gasteiger partial charge in [0.05, 0.1) is 6.07 Å². The van der Waals surface area contributed by atoms with Gasteiger partial charge in [0.25, 0.3) is 0 Å². The van der Waals surface area contributed by atoms with E-state index in [2.05, 4.69) is 4.72 Å². The molecule has 0 aliphatic heterocycles. The van der Waals surface area contributed by atoms with E-state index in [1.807, 2.05) is 0 Å². The monoisotopic (exact) mass is 233 g/mol. The van der Waals surface area contributed by atoms with Gasteiger partial charge in [0.15, 0.2) is 5.25 Å². The second kappa shape index (κ2) is 4.59. The topological polar surface area (TPSA) is 113 Å². The first-order chi connectivity index (χ1) is 6.60. The van der Waals surface area contributed by atoms with Crippen molar-refractivity contribution >= 4 is 15.9 Å². The molecule has 0 aliphatic rings. The molecule has 3 N–H and O–H groups in total. The molecule has 0 aromatic heterocycles. The fourth-order valence-electron chi connectivity index (χ4n) is 1.01. The van der Waals surface area contributed by atoms with Gasteiger partial charge >= 0.3 is 0 Å². The lowest BCUT2D eigenvalue weighted by Gasteiger charge is -2.24. The minimum atomic E-state index is -3.73. The van der Waals surface area contributed by atoms with Crippen LogP contribution >= 0.6 is 0 Å². The van der Waals surface area contributed by atoms with Gasteiger partial charge in [-0.05, 0) is 20.8 Å². The Kier molecular flexibility index (Phi) is 4.25. The van der Waals surface area contributed by atoms with E-state index in [0.717, 1.165) is 0 Å². The number of nitrogens with two attached hydrogens (primary N) is 1. The average molecular weight is 233 g/mol. The van der Waals surface area contributed by atoms with Crippen LogP contribution in [0, 0.1) is 11.3 Å². The molecule has 0 saturated carbocycles. The van der Waals surface area contributed by atoms with Crippen LogP contribution in [0.25, 0.3) is 0 Å². The lowest BCUT2D eigenvalue weighted by Crippen LogP contribution is -2.48. The molecule has 7 heteroatoms. The summed E-state index contributed by atoms with van der Waals surface area (Å²) in [4.78, 5) is 10.7. The molecule has 0 aliphatic carbocycles. The standard InChI is InChI=1S/C8H15N3O3S/c1-6(5-9)15(13,14)11-8(2,3)4-7(10)12/h6,11H,4H2,1-3H3,(H2,10,12). The maximum atomic E-state index is 11.5. The van der Waals surface area contributed by atoms with Crippen molar-refractivity contribution < 1.29 is 13.2 Å². The Bertz CT molecular complexity index is 380. The number of amides is 1. The van der Waals surface area contributed by atoms with Gasteiger partial charge in [0, 0.05) is 12.0 Å². The Balaban J connectivity index is 4.74. The zero-order chi connectivity index (χ0) is 12.3. The number of hydrogen-bond acceptors (Lipinski definition) is 4. The van der Waals surface area contributed by atoms with E-state index >= 15 is 0 Å². The highest BCUT2D eigenvalue weighted by Crippen LogP contribution is 2.11. The first kappa shape index (κ1) is 13.9. The van der Waals surface area contributed by atoms with Crippen molar-refractivity contribution in [1.82, 2.24) is 4.72 Å². The normalized spacial score (nSPS) is 14.3. The van der Waals surface area contributed by atoms with Crippen LogP contribution in [0.3, 0.4) is 0 Å². The minimum Gasteiger partial charge on any atom is -0.370 e. The highest BCUT2D eigenvalue weighted by Gasteiger charge is 2.30. The Hall–Kier alpha value is -1.13. The first-order valence-corrected chi connectivity index (χ1v) is 5.86. The van der Waals surface area contributed by atoms with Gasteiger partial charge < -0.3 is 5.73 Å². The zero-order valence-corrected chi connectivity index (χ0v) is 9.76. The van der Waals surface area contributed by atoms with E-state index < -0.39 is 26.7 Å². The maximum Gasteiger partial charge on any atom is 0.228 e. The Morgan fingerprint density at radius 1 is 1.60 bits per heavy atom. The van der Waals surface area contributed by atoms with Crippen LogP contribution in [0.1, 0.15) is 27.2 Å². The third-order valence-corrected chi connectivity index (χ3v) is 3.56. The molecule has 0 rings (SSSR count). The number of sulfonamides is 1. The Morgan fingerprint density at radius 3 is 2.40 bits per heavy atom. The predicted octanol–water partition coefficient (Wildman–Crippen LogP) is -0.528. The number of carbonyl (C=O) groups excluding carboxylic acids is 1. The summed E-state index contributed by atoms with van der Waals surface area (Å²) in [6.07, 6.45) is -0.121. The highest BCUT2D eigenvalue weighted by molar-refractivity contribution is 7.90. The summed E-state index contributed by atoms with van der Waals surface area (Å²) in [6.45, 7) is 4.32. The molecule has 1 amide bonds. The van der Waals surface area contributed by atoms with E-state index in [9.17, 15) is 13.2 Å². The molecule has 0 fully saturated rings. The number of hydrogen-bond donors (Lipinski definition) is 2. The molecular formula is C8H15N3O3S. The van der Waals surface area contributed by atoms with Gasteiger partial charge in [0.1, 0.15) is 0 Å². The SMILES string of the molecule is CC(C#N)S(=O)(=O)NC(C)(C)CC(N)=O. The van der Waals surface area contributed by atoms with Crippen LogP contribution in [0.15, 0.2) is 0 Å². The number of nitrogens with one attached hydrogen (secondary N) is 1. The third-order valence-electron chi connectivity index (χ3n) is 1.68. The van der Waals surface area contributed by atoms with Crippen molar-refractivity contribution in [3.8, 4) is 6.07 Å². The molecule has 0 saturated heterocycles. The first-order valence-electron chi connectivity index (χ1n) is 4.31. The van der Waals surface area contributed by atoms with Crippen molar-refractivity contribution in [2.45, 2.75) is 38.0 Å². The van der Waals surface area contributed by atoms with E-state index in [0.29, 0.717) is 0 Å². The molecular weight excluding hydrogens is 218 g/mol. The van der Waals surface area contributed by atoms with Crippen LogP contribution in [-0.2, 0) is 14.8 Å². The second-order valence-corrected chi connectivity index (χ2v) is 5.95. The van der Waals surface area contributed by atoms with Crippen LogP contribution in [-0.4, -0.2) is 25.1 Å². The molecule has 15 heavy (non-hydrogen) atoms. The van der Waals surface area contributed by atoms with E-state index in [-0.39, 0.29) is 6.42 Å². The largest absolute Gasteiger partial charge is 0.370 e. The molecule has 0 aromatic rings. The van der Waals surface area contributed by atoms with Crippen LogP contribution in [0.5, 0.6) is 0 Å². The van der Waals surface area contributed by atoms with Gasteiger partial charge in [-0.3, -0.25) is 4.79 Å². The van der Waals surface area contributed by atoms with Gasteiger partial charge in [-0.25, -0.2) is 13.1 Å². The fourth-order valence-corrected chi connectivity index (χ4v) is 2.17. The fraction of sp³-hybridized carbons (Fsp3) is 0.750. The number of nitriles is 1. The van der Waals surface area contributed by atoms with E-state index in [1.165, 1.54) is 20.8 Å². The molecule has 6 nitrogen and oxygen atoms in total. The minimum absolute atomic E-state index is 0.121. The molecule has 0 spiro atoms. The summed E-state index contributed by atoms with van der Waals surface area (Å²) in [5.41, 5.74) is 3.99. The van der Waals surface area contributed by atoms with Crippen LogP contribution in [0.2, 0.25) is 0 Å². The van der Waals surface area contributed by atoms with Crippen LogP contribution < -0.4 is 10.5 Å². The van der Waals surface area contributed by atoms with Gasteiger partial charge in [-0.1, -0.05) is 0 Å². The predicted molar refractivity (Wildman–Crippen MR) is 55.0 cm³/mol. The smallest absolute Gasteiger partial charge is 0.228 e. The molecule has 0 heterocycles. The Labute approximate surface area is 89.5 Å². The summed E-state index contributed by atoms with van der Waals surface area (Å²) in [5, 5.41) is 7.33. The second-order valence-electron chi connectivity index (χ2n) is 3.95. The zero-order valence-electron chi connectivity index (χ0n) is 8.94. The lowest BCUT2D eigenvalue weighted by atomic mass is 10.0. The molecule has 0 bridgehead atoms. The quantitative estimate of drug-likeness (QED) is 0.664. The number of rotatable bonds is 5. The van der Waals surface area contributed by atoms with Crippen LogP contribution in [0.4, 0.5) is 0 Å². The van der Waals surface area contributed by atoms with E-state index in [4.69, 9.17) is 11.0 Å². The summed E-state index contributed by atoms with van der Waals surface area (Å²) in [5.74, 6) is -0.604. The summed E-state index contributed by atoms with van der Waals surface area (Å²) < 4.78 is 25.2.